The van der Waals surface area contributed by atoms with Crippen molar-refractivity contribution in [1.82, 2.24) is 14.9 Å². The Morgan fingerprint density at radius 3 is 2.65 bits per heavy atom. The Kier molecular flexibility index (Phi) is 6.42. The Morgan fingerprint density at radius 2 is 2.10 bits per heavy atom. The average Bonchev–Trinajstić information content (AvgIpc) is 2.45. The lowest BCUT2D eigenvalue weighted by Crippen LogP contribution is -2.29. The molecule has 0 aliphatic heterocycles. The molecule has 0 saturated heterocycles. The number of hydrogen-bond acceptors (Lipinski definition) is 4. The lowest BCUT2D eigenvalue weighted by atomic mass is 10.2. The summed E-state index contributed by atoms with van der Waals surface area (Å²) in [6.07, 6.45) is 5.00. The molecule has 0 unspecified atom stereocenters. The Bertz CT molecular complexity index is 445. The van der Waals surface area contributed by atoms with Gasteiger partial charge in [0.05, 0.1) is 11.9 Å². The maximum absolute atomic E-state index is 12.5. The predicted octanol–water partition coefficient (Wildman–Crippen LogP) is 2.90. The van der Waals surface area contributed by atoms with Crippen LogP contribution in [-0.2, 0) is 0 Å². The van der Waals surface area contributed by atoms with E-state index in [-0.39, 0.29) is 11.8 Å². The molecule has 20 heavy (non-hydrogen) atoms. The first-order valence-corrected chi connectivity index (χ1v) is 7.31. The van der Waals surface area contributed by atoms with Crippen LogP contribution in [0, 0.1) is 0 Å². The third-order valence-electron chi connectivity index (χ3n) is 3.24. The third kappa shape index (κ3) is 4.18. The summed E-state index contributed by atoms with van der Waals surface area (Å²) in [6.45, 7) is 6.96. The minimum atomic E-state index is -0.0465. The minimum absolute atomic E-state index is 0.0465. The molecule has 0 aliphatic rings. The standard InChI is InChI=1S/C15H26N4O/c1-6-7-8-9-19(5)15(20)13-12(16-4)10-17-14(18-13)11(2)3/h10-11,16H,6-9H2,1-5H3. The van der Waals surface area contributed by atoms with Crippen LogP contribution >= 0.6 is 0 Å². The van der Waals surface area contributed by atoms with Gasteiger partial charge in [-0.15, -0.1) is 0 Å². The van der Waals surface area contributed by atoms with Gasteiger partial charge in [0.15, 0.2) is 5.69 Å². The quantitative estimate of drug-likeness (QED) is 0.779. The van der Waals surface area contributed by atoms with Gasteiger partial charge in [0.2, 0.25) is 0 Å². The van der Waals surface area contributed by atoms with E-state index >= 15 is 0 Å². The zero-order valence-corrected chi connectivity index (χ0v) is 13.2. The van der Waals surface area contributed by atoms with Gasteiger partial charge >= 0.3 is 0 Å². The van der Waals surface area contributed by atoms with Crippen molar-refractivity contribution in [3.63, 3.8) is 0 Å². The summed E-state index contributed by atoms with van der Waals surface area (Å²) in [4.78, 5) is 22.9. The van der Waals surface area contributed by atoms with Crippen LogP contribution in [0.2, 0.25) is 0 Å². The smallest absolute Gasteiger partial charge is 0.274 e. The molecule has 0 fully saturated rings. The zero-order chi connectivity index (χ0) is 15.1. The van der Waals surface area contributed by atoms with Gasteiger partial charge in [-0.1, -0.05) is 33.6 Å². The number of unbranched alkanes of at least 4 members (excludes halogenated alkanes) is 2. The van der Waals surface area contributed by atoms with Crippen LogP contribution < -0.4 is 5.32 Å². The number of amides is 1. The molecule has 0 bridgehead atoms. The third-order valence-corrected chi connectivity index (χ3v) is 3.24. The number of nitrogens with one attached hydrogen (secondary N) is 1. The van der Waals surface area contributed by atoms with E-state index < -0.39 is 0 Å². The van der Waals surface area contributed by atoms with Crippen LogP contribution in [0.5, 0.6) is 0 Å². The van der Waals surface area contributed by atoms with E-state index in [1.165, 1.54) is 0 Å². The second-order valence-electron chi connectivity index (χ2n) is 5.33. The van der Waals surface area contributed by atoms with E-state index in [1.807, 2.05) is 20.9 Å². The SMILES string of the molecule is CCCCCN(C)C(=O)c1nc(C(C)C)ncc1NC. The summed E-state index contributed by atoms with van der Waals surface area (Å²) in [5, 5.41) is 2.99. The summed E-state index contributed by atoms with van der Waals surface area (Å²) in [5.41, 5.74) is 1.15. The van der Waals surface area contributed by atoms with Crippen LogP contribution in [-0.4, -0.2) is 41.4 Å². The van der Waals surface area contributed by atoms with Gasteiger partial charge in [0, 0.05) is 26.6 Å². The normalized spacial score (nSPS) is 10.7. The predicted molar refractivity (Wildman–Crippen MR) is 82.2 cm³/mol. The Balaban J connectivity index is 2.91. The molecule has 1 aromatic heterocycles. The molecule has 1 N–H and O–H groups in total. The van der Waals surface area contributed by atoms with Crippen molar-refractivity contribution in [3.8, 4) is 0 Å². The highest BCUT2D eigenvalue weighted by atomic mass is 16.2. The molecule has 0 saturated carbocycles. The maximum Gasteiger partial charge on any atom is 0.274 e. The second kappa shape index (κ2) is 7.82. The van der Waals surface area contributed by atoms with Crippen molar-refractivity contribution < 1.29 is 4.79 Å². The summed E-state index contributed by atoms with van der Waals surface area (Å²) >= 11 is 0. The van der Waals surface area contributed by atoms with E-state index in [2.05, 4.69) is 22.2 Å². The molecule has 112 valence electrons. The molecule has 1 aromatic rings. The lowest BCUT2D eigenvalue weighted by Gasteiger charge is -2.18. The molecular formula is C15H26N4O. The van der Waals surface area contributed by atoms with E-state index in [4.69, 9.17) is 0 Å². The summed E-state index contributed by atoms with van der Waals surface area (Å²) in [6, 6.07) is 0. The van der Waals surface area contributed by atoms with E-state index in [9.17, 15) is 4.79 Å². The van der Waals surface area contributed by atoms with Crippen molar-refractivity contribution in [3.05, 3.63) is 17.7 Å². The molecule has 1 heterocycles. The van der Waals surface area contributed by atoms with Gasteiger partial charge in [-0.25, -0.2) is 9.97 Å². The highest BCUT2D eigenvalue weighted by Crippen LogP contribution is 2.17. The number of aromatic nitrogens is 2. The van der Waals surface area contributed by atoms with Crippen molar-refractivity contribution in [2.45, 2.75) is 46.0 Å². The number of hydrogen-bond donors (Lipinski definition) is 1. The first-order chi connectivity index (χ1) is 9.51. The molecule has 1 amide bonds. The zero-order valence-electron chi connectivity index (χ0n) is 13.2. The van der Waals surface area contributed by atoms with Gasteiger partial charge in [-0.05, 0) is 6.42 Å². The number of carbonyl (C=O) groups excluding carboxylic acids is 1. The van der Waals surface area contributed by atoms with Crippen LogP contribution in [0.1, 0.15) is 62.3 Å². The molecular weight excluding hydrogens is 252 g/mol. The Hall–Kier alpha value is -1.65. The van der Waals surface area contributed by atoms with Crippen molar-refractivity contribution in [2.24, 2.45) is 0 Å². The number of rotatable bonds is 7. The highest BCUT2D eigenvalue weighted by molar-refractivity contribution is 5.97. The van der Waals surface area contributed by atoms with Crippen LogP contribution in [0.25, 0.3) is 0 Å². The Morgan fingerprint density at radius 1 is 1.40 bits per heavy atom. The largest absolute Gasteiger partial charge is 0.385 e. The molecule has 5 nitrogen and oxygen atoms in total. The Labute approximate surface area is 121 Å². The first kappa shape index (κ1) is 16.4. The monoisotopic (exact) mass is 278 g/mol. The molecule has 0 spiro atoms. The van der Waals surface area contributed by atoms with Gasteiger partial charge in [0.25, 0.3) is 5.91 Å². The molecule has 5 heteroatoms. The van der Waals surface area contributed by atoms with Gasteiger partial charge in [-0.2, -0.15) is 0 Å². The van der Waals surface area contributed by atoms with Crippen LogP contribution in [0.15, 0.2) is 6.20 Å². The molecule has 0 aromatic carbocycles. The topological polar surface area (TPSA) is 58.1 Å². The van der Waals surface area contributed by atoms with E-state index in [1.54, 1.807) is 18.1 Å². The fraction of sp³-hybridized carbons (Fsp3) is 0.667. The van der Waals surface area contributed by atoms with Gasteiger partial charge < -0.3 is 10.2 Å². The number of carbonyl (C=O) groups is 1. The molecule has 0 radical (unpaired) electrons. The van der Waals surface area contributed by atoms with E-state index in [0.717, 1.165) is 25.8 Å². The highest BCUT2D eigenvalue weighted by Gasteiger charge is 2.19. The first-order valence-electron chi connectivity index (χ1n) is 7.31. The fourth-order valence-corrected chi connectivity index (χ4v) is 1.90. The van der Waals surface area contributed by atoms with E-state index in [0.29, 0.717) is 17.2 Å². The van der Waals surface area contributed by atoms with Gasteiger partial charge in [0.1, 0.15) is 5.82 Å². The molecule has 0 aliphatic carbocycles. The number of anilines is 1. The summed E-state index contributed by atoms with van der Waals surface area (Å²) < 4.78 is 0. The fourth-order valence-electron chi connectivity index (χ4n) is 1.90. The van der Waals surface area contributed by atoms with Crippen LogP contribution in [0.4, 0.5) is 5.69 Å². The second-order valence-corrected chi connectivity index (χ2v) is 5.33. The summed E-state index contributed by atoms with van der Waals surface area (Å²) in [7, 11) is 3.61. The molecule has 0 atom stereocenters. The average molecular weight is 278 g/mol. The van der Waals surface area contributed by atoms with Crippen molar-refractivity contribution >= 4 is 11.6 Å². The van der Waals surface area contributed by atoms with Gasteiger partial charge in [-0.3, -0.25) is 4.79 Å². The molecule has 1 rings (SSSR count). The van der Waals surface area contributed by atoms with Crippen LogP contribution in [0.3, 0.4) is 0 Å². The number of nitrogens with zero attached hydrogens (tertiary/aromatic N) is 3. The minimum Gasteiger partial charge on any atom is -0.385 e. The van der Waals surface area contributed by atoms with Crippen molar-refractivity contribution in [2.75, 3.05) is 26.0 Å². The summed E-state index contributed by atoms with van der Waals surface area (Å²) in [5.74, 6) is 0.863. The maximum atomic E-state index is 12.5. The lowest BCUT2D eigenvalue weighted by molar-refractivity contribution is 0.0787. The van der Waals surface area contributed by atoms with Crippen molar-refractivity contribution in [1.29, 1.82) is 0 Å².